The van der Waals surface area contributed by atoms with Gasteiger partial charge in [-0.1, -0.05) is 53.5 Å². The average molecular weight is 509 g/mol. The molecule has 3 heterocycles. The van der Waals surface area contributed by atoms with Crippen LogP contribution in [0.15, 0.2) is 58.3 Å². The van der Waals surface area contributed by atoms with Crippen LogP contribution in [0.5, 0.6) is 0 Å². The molecule has 2 aromatic heterocycles. The van der Waals surface area contributed by atoms with E-state index in [2.05, 4.69) is 38.1 Å². The second-order valence-electron chi connectivity index (χ2n) is 9.28. The van der Waals surface area contributed by atoms with Crippen LogP contribution >= 0.6 is 23.2 Å². The molecule has 1 spiro atoms. The highest BCUT2D eigenvalue weighted by Gasteiger charge is 2.46. The summed E-state index contributed by atoms with van der Waals surface area (Å²) in [7, 11) is 0. The number of hydrogen-bond acceptors (Lipinski definition) is 6. The molecule has 1 aliphatic heterocycles. The molecule has 1 aliphatic carbocycles. The smallest absolute Gasteiger partial charge is 0.334 e. The van der Waals surface area contributed by atoms with Crippen molar-refractivity contribution >= 4 is 40.2 Å². The van der Waals surface area contributed by atoms with E-state index in [1.807, 2.05) is 6.07 Å². The van der Waals surface area contributed by atoms with Gasteiger partial charge in [0.2, 0.25) is 5.95 Å². The van der Waals surface area contributed by atoms with Crippen LogP contribution in [0.1, 0.15) is 30.0 Å². The normalized spacial score (nSPS) is 18.8. The average Bonchev–Trinajstić information content (AvgIpc) is 3.13. The van der Waals surface area contributed by atoms with Gasteiger partial charge in [0.15, 0.2) is 5.65 Å². The Morgan fingerprint density at radius 1 is 1.06 bits per heavy atom. The molecular formula is C25H22Cl2N6O2. The third-order valence-corrected chi connectivity index (χ3v) is 8.25. The van der Waals surface area contributed by atoms with E-state index in [1.54, 1.807) is 18.2 Å². The second kappa shape index (κ2) is 8.19. The van der Waals surface area contributed by atoms with Crippen molar-refractivity contribution < 1.29 is 0 Å². The number of aromatic amines is 1. The van der Waals surface area contributed by atoms with Crippen molar-refractivity contribution in [3.63, 3.8) is 0 Å². The van der Waals surface area contributed by atoms with Crippen LogP contribution in [0.25, 0.3) is 16.7 Å². The summed E-state index contributed by atoms with van der Waals surface area (Å²) in [5, 5.41) is 0.550. The molecule has 10 heteroatoms. The van der Waals surface area contributed by atoms with Crippen molar-refractivity contribution in [3.05, 3.63) is 90.7 Å². The minimum absolute atomic E-state index is 0.0199. The summed E-state index contributed by atoms with van der Waals surface area (Å²) in [5.74, 6) is 0.477. The molecule has 0 amide bonds. The summed E-state index contributed by atoms with van der Waals surface area (Å²) in [6.45, 7) is 1.49. The summed E-state index contributed by atoms with van der Waals surface area (Å²) in [4.78, 5) is 39.7. The number of halogens is 2. The largest absolute Gasteiger partial charge is 0.341 e. The number of nitrogens with two attached hydrogens (primary N) is 1. The lowest BCUT2D eigenvalue weighted by Crippen LogP contribution is -2.45. The third-order valence-electron chi connectivity index (χ3n) is 7.44. The van der Waals surface area contributed by atoms with Crippen LogP contribution in [0.2, 0.25) is 10.0 Å². The Kier molecular flexibility index (Phi) is 5.21. The molecule has 0 saturated carbocycles. The highest BCUT2D eigenvalue weighted by atomic mass is 35.5. The number of nitrogens with one attached hydrogen (secondary N) is 1. The van der Waals surface area contributed by atoms with E-state index in [-0.39, 0.29) is 38.2 Å². The number of piperidine rings is 1. The molecule has 178 valence electrons. The second-order valence-corrected chi connectivity index (χ2v) is 10.1. The molecule has 8 nitrogen and oxygen atoms in total. The molecule has 3 N–H and O–H groups in total. The predicted molar refractivity (Wildman–Crippen MR) is 137 cm³/mol. The number of benzene rings is 2. The van der Waals surface area contributed by atoms with Crippen LogP contribution in [-0.4, -0.2) is 32.6 Å². The van der Waals surface area contributed by atoms with Gasteiger partial charge in [0.05, 0.1) is 15.7 Å². The van der Waals surface area contributed by atoms with Crippen molar-refractivity contribution in [1.82, 2.24) is 19.5 Å². The number of fused-ring (bicyclic) bond motifs is 2. The third kappa shape index (κ3) is 3.47. The fraction of sp³-hybridized carbons (Fsp3) is 0.280. The summed E-state index contributed by atoms with van der Waals surface area (Å²) in [5.41, 5.74) is 8.48. The van der Waals surface area contributed by atoms with Crippen LogP contribution in [-0.2, 0) is 6.42 Å². The van der Waals surface area contributed by atoms with Crippen LogP contribution < -0.4 is 21.9 Å². The van der Waals surface area contributed by atoms with E-state index in [4.69, 9.17) is 28.9 Å². The quantitative estimate of drug-likeness (QED) is 0.427. The van der Waals surface area contributed by atoms with E-state index in [9.17, 15) is 9.59 Å². The lowest BCUT2D eigenvalue weighted by Gasteiger charge is -2.42. The Balaban J connectivity index is 1.30. The van der Waals surface area contributed by atoms with Gasteiger partial charge in [-0.25, -0.2) is 14.3 Å². The SMILES string of the molecule is N[C@@H]1c2ccccc2CC12CCN(c1ncc3c(=O)n(-c4cccc(Cl)c4Cl)c(=O)[nH]c3n1)CC2. The van der Waals surface area contributed by atoms with Gasteiger partial charge in [-0.05, 0) is 47.9 Å². The molecule has 2 aliphatic rings. The molecule has 0 unspecified atom stereocenters. The summed E-state index contributed by atoms with van der Waals surface area (Å²) in [6, 6.07) is 13.2. The minimum Gasteiger partial charge on any atom is -0.341 e. The van der Waals surface area contributed by atoms with Crippen LogP contribution in [0.3, 0.4) is 0 Å². The Morgan fingerprint density at radius 2 is 1.83 bits per heavy atom. The van der Waals surface area contributed by atoms with Crippen molar-refractivity contribution in [3.8, 4) is 5.69 Å². The zero-order valence-electron chi connectivity index (χ0n) is 18.7. The number of aromatic nitrogens is 4. The molecule has 6 rings (SSSR count). The Bertz CT molecular complexity index is 1590. The van der Waals surface area contributed by atoms with Gasteiger partial charge in [-0.3, -0.25) is 9.78 Å². The minimum atomic E-state index is -0.649. The molecule has 35 heavy (non-hydrogen) atoms. The number of hydrogen-bond donors (Lipinski definition) is 2. The van der Waals surface area contributed by atoms with Crippen LogP contribution in [0.4, 0.5) is 5.95 Å². The standard InChI is InChI=1S/C25H22Cl2N6O2/c26-17-6-3-7-18(19(17)27)33-22(34)16-13-29-23(30-21(16)31-24(33)35)32-10-8-25(9-11-32)12-14-4-1-2-5-15(14)20(25)28/h1-7,13,20H,8-12,28H2,(H,29,30,31,35)/t20-/m1/s1. The topological polar surface area (TPSA) is 110 Å². The predicted octanol–water partition coefficient (Wildman–Crippen LogP) is 3.62. The van der Waals surface area contributed by atoms with Gasteiger partial charge < -0.3 is 10.6 Å². The Hall–Kier alpha value is -3.20. The molecule has 1 fully saturated rings. The molecule has 0 radical (unpaired) electrons. The van der Waals surface area contributed by atoms with Crippen LogP contribution in [0, 0.1) is 5.41 Å². The highest BCUT2D eigenvalue weighted by Crippen LogP contribution is 2.50. The summed E-state index contributed by atoms with van der Waals surface area (Å²) < 4.78 is 0.948. The van der Waals surface area contributed by atoms with E-state index >= 15 is 0 Å². The van der Waals surface area contributed by atoms with Gasteiger partial charge in [0.1, 0.15) is 5.39 Å². The maximum atomic E-state index is 13.1. The number of rotatable bonds is 2. The van der Waals surface area contributed by atoms with E-state index in [1.165, 1.54) is 17.3 Å². The molecular weight excluding hydrogens is 487 g/mol. The Labute approximate surface area is 210 Å². The molecule has 4 aromatic rings. The molecule has 1 saturated heterocycles. The molecule has 2 aromatic carbocycles. The first-order valence-electron chi connectivity index (χ1n) is 11.4. The lowest BCUT2D eigenvalue weighted by molar-refractivity contribution is 0.187. The van der Waals surface area contributed by atoms with E-state index in [0.29, 0.717) is 5.95 Å². The monoisotopic (exact) mass is 508 g/mol. The number of anilines is 1. The fourth-order valence-electron chi connectivity index (χ4n) is 5.49. The maximum Gasteiger partial charge on any atom is 0.334 e. The van der Waals surface area contributed by atoms with Gasteiger partial charge in [-0.15, -0.1) is 0 Å². The van der Waals surface area contributed by atoms with Gasteiger partial charge in [0, 0.05) is 25.3 Å². The van der Waals surface area contributed by atoms with Gasteiger partial charge in [0.25, 0.3) is 5.56 Å². The Morgan fingerprint density at radius 3 is 2.60 bits per heavy atom. The van der Waals surface area contributed by atoms with E-state index < -0.39 is 11.2 Å². The first kappa shape index (κ1) is 22.3. The number of H-pyrrole nitrogens is 1. The van der Waals surface area contributed by atoms with Gasteiger partial charge in [-0.2, -0.15) is 4.98 Å². The molecule has 0 bridgehead atoms. The molecule has 1 atom stereocenters. The maximum absolute atomic E-state index is 13.1. The van der Waals surface area contributed by atoms with Crippen molar-refractivity contribution in [2.24, 2.45) is 11.1 Å². The summed E-state index contributed by atoms with van der Waals surface area (Å²) >= 11 is 12.3. The van der Waals surface area contributed by atoms with Crippen molar-refractivity contribution in [2.45, 2.75) is 25.3 Å². The van der Waals surface area contributed by atoms with Crippen molar-refractivity contribution in [2.75, 3.05) is 18.0 Å². The van der Waals surface area contributed by atoms with E-state index in [0.717, 1.165) is 36.9 Å². The van der Waals surface area contributed by atoms with Crippen molar-refractivity contribution in [1.29, 1.82) is 0 Å². The lowest BCUT2D eigenvalue weighted by atomic mass is 9.73. The first-order chi connectivity index (χ1) is 16.9. The fourth-order valence-corrected chi connectivity index (χ4v) is 5.87. The van der Waals surface area contributed by atoms with Gasteiger partial charge >= 0.3 is 5.69 Å². The summed E-state index contributed by atoms with van der Waals surface area (Å²) in [6.07, 6.45) is 4.26. The zero-order valence-corrected chi connectivity index (χ0v) is 20.2. The first-order valence-corrected chi connectivity index (χ1v) is 12.2. The highest BCUT2D eigenvalue weighted by molar-refractivity contribution is 6.43. The zero-order chi connectivity index (χ0) is 24.3. The number of nitrogens with zero attached hydrogens (tertiary/aromatic N) is 4.